The topological polar surface area (TPSA) is 60.7 Å². The zero-order valence-corrected chi connectivity index (χ0v) is 10.1. The Labute approximate surface area is 92.1 Å². The van der Waals surface area contributed by atoms with Crippen LogP contribution in [0.5, 0.6) is 0 Å². The SMILES string of the molecule is CC(C)[C@H](O)[C@H]1C[C@@H](C(C)C)[C@H](O)[C@@H]1O. The lowest BCUT2D eigenvalue weighted by atomic mass is 9.88. The van der Waals surface area contributed by atoms with E-state index in [0.29, 0.717) is 5.92 Å². The van der Waals surface area contributed by atoms with Crippen molar-refractivity contribution in [2.24, 2.45) is 23.7 Å². The van der Waals surface area contributed by atoms with Crippen LogP contribution in [-0.4, -0.2) is 33.6 Å². The number of rotatable bonds is 3. The van der Waals surface area contributed by atoms with Gasteiger partial charge in [-0.3, -0.25) is 0 Å². The molecular formula is C12H24O3. The monoisotopic (exact) mass is 216 g/mol. The molecule has 3 nitrogen and oxygen atoms in total. The zero-order valence-electron chi connectivity index (χ0n) is 10.1. The lowest BCUT2D eigenvalue weighted by Gasteiger charge is -2.24. The average Bonchev–Trinajstić information content (AvgIpc) is 2.43. The molecule has 1 rings (SSSR count). The van der Waals surface area contributed by atoms with E-state index >= 15 is 0 Å². The van der Waals surface area contributed by atoms with Crippen molar-refractivity contribution in [3.05, 3.63) is 0 Å². The van der Waals surface area contributed by atoms with E-state index < -0.39 is 18.3 Å². The number of aliphatic hydroxyl groups is 3. The minimum atomic E-state index is -0.769. The van der Waals surface area contributed by atoms with Gasteiger partial charge in [-0.15, -0.1) is 0 Å². The second-order valence-corrected chi connectivity index (χ2v) is 5.52. The lowest BCUT2D eigenvalue weighted by molar-refractivity contribution is -0.0408. The minimum absolute atomic E-state index is 0.110. The molecule has 0 aliphatic heterocycles. The Hall–Kier alpha value is -0.120. The summed E-state index contributed by atoms with van der Waals surface area (Å²) in [4.78, 5) is 0. The summed E-state index contributed by atoms with van der Waals surface area (Å²) >= 11 is 0. The van der Waals surface area contributed by atoms with Gasteiger partial charge in [-0.05, 0) is 24.2 Å². The van der Waals surface area contributed by atoms with Crippen LogP contribution in [0, 0.1) is 23.7 Å². The number of hydrogen-bond donors (Lipinski definition) is 3. The molecule has 1 saturated carbocycles. The lowest BCUT2D eigenvalue weighted by Crippen LogP contribution is -2.36. The Morgan fingerprint density at radius 2 is 1.40 bits per heavy atom. The predicted molar refractivity (Wildman–Crippen MR) is 59.3 cm³/mol. The molecule has 1 fully saturated rings. The molecule has 15 heavy (non-hydrogen) atoms. The summed E-state index contributed by atoms with van der Waals surface area (Å²) in [6.45, 7) is 7.97. The summed E-state index contributed by atoms with van der Waals surface area (Å²) in [7, 11) is 0. The van der Waals surface area contributed by atoms with Crippen LogP contribution in [0.25, 0.3) is 0 Å². The molecule has 0 spiro atoms. The molecule has 0 aromatic carbocycles. The van der Waals surface area contributed by atoms with Crippen LogP contribution in [0.1, 0.15) is 34.1 Å². The maximum absolute atomic E-state index is 9.94. The third-order valence-electron chi connectivity index (χ3n) is 3.75. The molecule has 90 valence electrons. The van der Waals surface area contributed by atoms with E-state index in [-0.39, 0.29) is 17.8 Å². The Balaban J connectivity index is 2.70. The van der Waals surface area contributed by atoms with Crippen LogP contribution in [0.2, 0.25) is 0 Å². The second kappa shape index (κ2) is 4.81. The van der Waals surface area contributed by atoms with Crippen molar-refractivity contribution in [3.63, 3.8) is 0 Å². The van der Waals surface area contributed by atoms with Crippen molar-refractivity contribution in [1.82, 2.24) is 0 Å². The van der Waals surface area contributed by atoms with E-state index in [2.05, 4.69) is 0 Å². The number of aliphatic hydroxyl groups excluding tert-OH is 3. The third kappa shape index (κ3) is 2.52. The third-order valence-corrected chi connectivity index (χ3v) is 3.75. The molecule has 0 radical (unpaired) electrons. The van der Waals surface area contributed by atoms with Crippen molar-refractivity contribution < 1.29 is 15.3 Å². The van der Waals surface area contributed by atoms with Gasteiger partial charge >= 0.3 is 0 Å². The molecule has 0 heterocycles. The summed E-state index contributed by atoms with van der Waals surface area (Å²) < 4.78 is 0. The first kappa shape index (κ1) is 12.9. The molecular weight excluding hydrogens is 192 g/mol. The van der Waals surface area contributed by atoms with Crippen molar-refractivity contribution in [2.45, 2.75) is 52.4 Å². The van der Waals surface area contributed by atoms with E-state index in [4.69, 9.17) is 0 Å². The Morgan fingerprint density at radius 1 is 0.933 bits per heavy atom. The number of hydrogen-bond acceptors (Lipinski definition) is 3. The fourth-order valence-corrected chi connectivity index (χ4v) is 2.60. The fraction of sp³-hybridized carbons (Fsp3) is 1.00. The molecule has 5 atom stereocenters. The highest BCUT2D eigenvalue weighted by molar-refractivity contribution is 4.95. The highest BCUT2D eigenvalue weighted by Gasteiger charge is 2.45. The average molecular weight is 216 g/mol. The molecule has 1 aliphatic rings. The Bertz CT molecular complexity index is 203. The van der Waals surface area contributed by atoms with Crippen molar-refractivity contribution >= 4 is 0 Å². The molecule has 3 N–H and O–H groups in total. The quantitative estimate of drug-likeness (QED) is 0.660. The molecule has 3 heteroatoms. The van der Waals surface area contributed by atoms with Gasteiger partial charge in [-0.2, -0.15) is 0 Å². The summed E-state index contributed by atoms with van der Waals surface area (Å²) in [5, 5.41) is 29.7. The van der Waals surface area contributed by atoms with Gasteiger partial charge in [0, 0.05) is 5.92 Å². The first-order valence-electron chi connectivity index (χ1n) is 5.90. The molecule has 0 bridgehead atoms. The summed E-state index contributed by atoms with van der Waals surface area (Å²) in [5.74, 6) is 0.410. The van der Waals surface area contributed by atoms with Gasteiger partial charge in [0.1, 0.15) is 0 Å². The molecule has 1 aliphatic carbocycles. The van der Waals surface area contributed by atoms with E-state index in [1.165, 1.54) is 0 Å². The summed E-state index contributed by atoms with van der Waals surface area (Å²) in [6, 6.07) is 0. The van der Waals surface area contributed by atoms with E-state index in [1.807, 2.05) is 27.7 Å². The van der Waals surface area contributed by atoms with Crippen LogP contribution in [0.15, 0.2) is 0 Å². The maximum Gasteiger partial charge on any atom is 0.0854 e. The van der Waals surface area contributed by atoms with Crippen LogP contribution in [-0.2, 0) is 0 Å². The fourth-order valence-electron chi connectivity index (χ4n) is 2.60. The standard InChI is InChI=1S/C12H24O3/c1-6(2)8-5-9(10(13)7(3)4)12(15)11(8)14/h6-15H,5H2,1-4H3/t8-,9+,10-,11-,12+/m0/s1. The van der Waals surface area contributed by atoms with Crippen LogP contribution in [0.4, 0.5) is 0 Å². The normalized spacial score (nSPS) is 39.0. The van der Waals surface area contributed by atoms with Crippen molar-refractivity contribution in [3.8, 4) is 0 Å². The van der Waals surface area contributed by atoms with Gasteiger partial charge in [0.2, 0.25) is 0 Å². The summed E-state index contributed by atoms with van der Waals surface area (Å²) in [6.07, 6.45) is -1.24. The largest absolute Gasteiger partial charge is 0.392 e. The van der Waals surface area contributed by atoms with Crippen LogP contribution in [0.3, 0.4) is 0 Å². The van der Waals surface area contributed by atoms with Gasteiger partial charge in [-0.1, -0.05) is 27.7 Å². The van der Waals surface area contributed by atoms with Crippen molar-refractivity contribution in [1.29, 1.82) is 0 Å². The van der Waals surface area contributed by atoms with E-state index in [0.717, 1.165) is 6.42 Å². The van der Waals surface area contributed by atoms with Crippen LogP contribution < -0.4 is 0 Å². The smallest absolute Gasteiger partial charge is 0.0854 e. The van der Waals surface area contributed by atoms with Crippen LogP contribution >= 0.6 is 0 Å². The highest BCUT2D eigenvalue weighted by Crippen LogP contribution is 2.39. The summed E-state index contributed by atoms with van der Waals surface area (Å²) in [5.41, 5.74) is 0. The molecule has 0 saturated heterocycles. The molecule has 0 aromatic heterocycles. The Kier molecular flexibility index (Phi) is 4.15. The van der Waals surface area contributed by atoms with Gasteiger partial charge in [0.05, 0.1) is 18.3 Å². The van der Waals surface area contributed by atoms with Gasteiger partial charge in [-0.25, -0.2) is 0 Å². The predicted octanol–water partition coefficient (Wildman–Crippen LogP) is 1.02. The van der Waals surface area contributed by atoms with E-state index in [9.17, 15) is 15.3 Å². The molecule has 0 aromatic rings. The second-order valence-electron chi connectivity index (χ2n) is 5.52. The van der Waals surface area contributed by atoms with Gasteiger partial charge < -0.3 is 15.3 Å². The van der Waals surface area contributed by atoms with Gasteiger partial charge in [0.15, 0.2) is 0 Å². The minimum Gasteiger partial charge on any atom is -0.392 e. The first-order valence-corrected chi connectivity index (χ1v) is 5.90. The zero-order chi connectivity index (χ0) is 11.7. The Morgan fingerprint density at radius 3 is 1.73 bits per heavy atom. The van der Waals surface area contributed by atoms with E-state index in [1.54, 1.807) is 0 Å². The van der Waals surface area contributed by atoms with Crippen molar-refractivity contribution in [2.75, 3.05) is 0 Å². The van der Waals surface area contributed by atoms with Gasteiger partial charge in [0.25, 0.3) is 0 Å². The molecule has 0 amide bonds. The maximum atomic E-state index is 9.94. The molecule has 0 unspecified atom stereocenters. The highest BCUT2D eigenvalue weighted by atomic mass is 16.3. The first-order chi connectivity index (χ1) is 6.86.